The standard InChI is InChI=1S/C15H12O7S/c1-3-10-20-14(16)13(15(17)21-11-4-2)22-23(18,19)12-8-6-5-7-9-12/h1-2,5-9,13H,10-11H2. The molecule has 0 atom stereocenters. The number of benzene rings is 1. The van der Waals surface area contributed by atoms with Gasteiger partial charge in [-0.2, -0.15) is 8.42 Å². The van der Waals surface area contributed by atoms with Crippen molar-refractivity contribution in [2.24, 2.45) is 0 Å². The van der Waals surface area contributed by atoms with Gasteiger partial charge in [-0.15, -0.1) is 12.8 Å². The van der Waals surface area contributed by atoms with E-state index in [0.29, 0.717) is 0 Å². The molecule has 1 aromatic rings. The predicted octanol–water partition coefficient (Wildman–Crippen LogP) is 0.113. The van der Waals surface area contributed by atoms with Crippen molar-refractivity contribution in [1.82, 2.24) is 0 Å². The van der Waals surface area contributed by atoms with Crippen LogP contribution >= 0.6 is 0 Å². The van der Waals surface area contributed by atoms with Crippen molar-refractivity contribution in [2.45, 2.75) is 11.0 Å². The van der Waals surface area contributed by atoms with Crippen molar-refractivity contribution in [3.8, 4) is 24.7 Å². The molecule has 8 heteroatoms. The molecule has 0 heterocycles. The minimum atomic E-state index is -4.40. The number of carbonyl (C=O) groups excluding carboxylic acids is 2. The second kappa shape index (κ2) is 8.59. The van der Waals surface area contributed by atoms with E-state index in [2.05, 4.69) is 13.7 Å². The summed E-state index contributed by atoms with van der Waals surface area (Å²) in [6, 6.07) is 6.92. The molecule has 0 bridgehead atoms. The van der Waals surface area contributed by atoms with Crippen LogP contribution in [-0.4, -0.2) is 39.7 Å². The van der Waals surface area contributed by atoms with Crippen LogP contribution in [0, 0.1) is 24.7 Å². The van der Waals surface area contributed by atoms with Crippen LogP contribution in [0.1, 0.15) is 0 Å². The van der Waals surface area contributed by atoms with Gasteiger partial charge in [0.25, 0.3) is 16.2 Å². The fraction of sp³-hybridized carbons (Fsp3) is 0.200. The molecule has 1 aromatic carbocycles. The van der Waals surface area contributed by atoms with E-state index < -0.39 is 41.4 Å². The molecule has 0 spiro atoms. The topological polar surface area (TPSA) is 96.0 Å². The second-order valence-electron chi connectivity index (χ2n) is 3.87. The first-order valence-corrected chi connectivity index (χ1v) is 7.51. The Hall–Kier alpha value is -2.81. The first kappa shape index (κ1) is 18.2. The molecule has 0 saturated carbocycles. The third kappa shape index (κ3) is 5.47. The molecule has 0 saturated heterocycles. The normalized spacial score (nSPS) is 10.4. The lowest BCUT2D eigenvalue weighted by atomic mass is 10.4. The van der Waals surface area contributed by atoms with E-state index in [-0.39, 0.29) is 4.90 Å². The highest BCUT2D eigenvalue weighted by Gasteiger charge is 2.36. The van der Waals surface area contributed by atoms with Crippen LogP contribution in [0.5, 0.6) is 0 Å². The predicted molar refractivity (Wildman–Crippen MR) is 78.1 cm³/mol. The summed E-state index contributed by atoms with van der Waals surface area (Å²) in [5.74, 6) is 1.39. The third-order valence-electron chi connectivity index (χ3n) is 2.28. The summed E-state index contributed by atoms with van der Waals surface area (Å²) in [4.78, 5) is 23.3. The minimum Gasteiger partial charge on any atom is -0.450 e. The van der Waals surface area contributed by atoms with Crippen LogP contribution in [0.25, 0.3) is 0 Å². The van der Waals surface area contributed by atoms with Crippen molar-refractivity contribution in [3.63, 3.8) is 0 Å². The van der Waals surface area contributed by atoms with Gasteiger partial charge < -0.3 is 9.47 Å². The number of ether oxygens (including phenoxy) is 2. The summed E-state index contributed by atoms with van der Waals surface area (Å²) in [6.07, 6.45) is 7.68. The zero-order chi connectivity index (χ0) is 17.3. The van der Waals surface area contributed by atoms with E-state index >= 15 is 0 Å². The zero-order valence-corrected chi connectivity index (χ0v) is 12.6. The molecule has 0 aliphatic rings. The highest BCUT2D eigenvalue weighted by atomic mass is 32.2. The Kier molecular flexibility index (Phi) is 6.81. The number of esters is 2. The van der Waals surface area contributed by atoms with Gasteiger partial charge in [0.2, 0.25) is 0 Å². The average molecular weight is 336 g/mol. The molecule has 1 rings (SSSR count). The lowest BCUT2D eigenvalue weighted by Crippen LogP contribution is -2.38. The molecule has 0 fully saturated rings. The van der Waals surface area contributed by atoms with Crippen LogP contribution < -0.4 is 0 Å². The summed E-state index contributed by atoms with van der Waals surface area (Å²) in [7, 11) is -4.40. The number of rotatable bonds is 7. The monoisotopic (exact) mass is 336 g/mol. The first-order chi connectivity index (χ1) is 10.9. The fourth-order valence-corrected chi connectivity index (χ4v) is 2.33. The Labute approximate surface area is 133 Å². The van der Waals surface area contributed by atoms with Crippen LogP contribution in [0.15, 0.2) is 35.2 Å². The maximum Gasteiger partial charge on any atom is 0.349 e. The van der Waals surface area contributed by atoms with Gasteiger partial charge in [0.1, 0.15) is 0 Å². The van der Waals surface area contributed by atoms with E-state index in [9.17, 15) is 18.0 Å². The Morgan fingerprint density at radius 1 is 1.00 bits per heavy atom. The van der Waals surface area contributed by atoms with Crippen LogP contribution in [0.2, 0.25) is 0 Å². The van der Waals surface area contributed by atoms with E-state index in [1.54, 1.807) is 6.07 Å². The van der Waals surface area contributed by atoms with Crippen molar-refractivity contribution < 1.29 is 31.7 Å². The fourth-order valence-electron chi connectivity index (χ4n) is 1.32. The Morgan fingerprint density at radius 2 is 1.48 bits per heavy atom. The van der Waals surface area contributed by atoms with Crippen LogP contribution in [0.3, 0.4) is 0 Å². The summed E-state index contributed by atoms with van der Waals surface area (Å²) in [5, 5.41) is 0. The smallest absolute Gasteiger partial charge is 0.349 e. The van der Waals surface area contributed by atoms with Crippen molar-refractivity contribution >= 4 is 22.1 Å². The van der Waals surface area contributed by atoms with Gasteiger partial charge in [-0.05, 0) is 12.1 Å². The molecule has 0 N–H and O–H groups in total. The van der Waals surface area contributed by atoms with Crippen molar-refractivity contribution in [1.29, 1.82) is 0 Å². The van der Waals surface area contributed by atoms with Gasteiger partial charge in [-0.3, -0.25) is 0 Å². The van der Waals surface area contributed by atoms with Gasteiger partial charge in [-0.25, -0.2) is 13.8 Å². The van der Waals surface area contributed by atoms with Crippen LogP contribution in [0.4, 0.5) is 0 Å². The number of hydrogen-bond acceptors (Lipinski definition) is 7. The van der Waals surface area contributed by atoms with Crippen LogP contribution in [-0.2, 0) is 33.4 Å². The quantitative estimate of drug-likeness (QED) is 0.302. The molecule has 0 amide bonds. The molecule has 0 radical (unpaired) electrons. The van der Waals surface area contributed by atoms with E-state index in [1.807, 2.05) is 11.8 Å². The van der Waals surface area contributed by atoms with Gasteiger partial charge in [0.05, 0.1) is 4.90 Å². The Balaban J connectivity index is 3.01. The molecule has 0 aliphatic carbocycles. The highest BCUT2D eigenvalue weighted by Crippen LogP contribution is 2.15. The van der Waals surface area contributed by atoms with E-state index in [1.165, 1.54) is 24.3 Å². The zero-order valence-electron chi connectivity index (χ0n) is 11.8. The molecule has 0 unspecified atom stereocenters. The molecular formula is C15H12O7S. The minimum absolute atomic E-state index is 0.250. The lowest BCUT2D eigenvalue weighted by Gasteiger charge is -2.14. The molecule has 0 aliphatic heterocycles. The number of carbonyl (C=O) groups is 2. The summed E-state index contributed by atoms with van der Waals surface area (Å²) in [5.41, 5.74) is 0. The maximum atomic E-state index is 12.1. The summed E-state index contributed by atoms with van der Waals surface area (Å²) < 4.78 is 37.8. The van der Waals surface area contributed by atoms with Gasteiger partial charge >= 0.3 is 11.9 Å². The van der Waals surface area contributed by atoms with Crippen molar-refractivity contribution in [3.05, 3.63) is 30.3 Å². The first-order valence-electron chi connectivity index (χ1n) is 6.11. The Bertz CT molecular complexity index is 708. The summed E-state index contributed by atoms with van der Waals surface area (Å²) >= 11 is 0. The lowest BCUT2D eigenvalue weighted by molar-refractivity contribution is -0.164. The molecule has 0 aromatic heterocycles. The number of terminal acetylenes is 2. The molecular weight excluding hydrogens is 324 g/mol. The summed E-state index contributed by atoms with van der Waals surface area (Å²) in [6.45, 7) is -0.932. The van der Waals surface area contributed by atoms with Gasteiger partial charge in [0, 0.05) is 0 Å². The second-order valence-corrected chi connectivity index (χ2v) is 5.44. The number of hydrogen-bond donors (Lipinski definition) is 0. The van der Waals surface area contributed by atoms with Crippen molar-refractivity contribution in [2.75, 3.05) is 13.2 Å². The molecule has 23 heavy (non-hydrogen) atoms. The largest absolute Gasteiger partial charge is 0.450 e. The average Bonchev–Trinajstić information content (AvgIpc) is 2.56. The van der Waals surface area contributed by atoms with Gasteiger partial charge in [-0.1, -0.05) is 30.0 Å². The molecule has 120 valence electrons. The highest BCUT2D eigenvalue weighted by molar-refractivity contribution is 7.86. The van der Waals surface area contributed by atoms with Gasteiger partial charge in [0.15, 0.2) is 13.2 Å². The maximum absolute atomic E-state index is 12.1. The Morgan fingerprint density at radius 3 is 1.91 bits per heavy atom. The van der Waals surface area contributed by atoms with E-state index in [4.69, 9.17) is 12.8 Å². The molecule has 7 nitrogen and oxygen atoms in total. The van der Waals surface area contributed by atoms with E-state index in [0.717, 1.165) is 0 Å². The SMILES string of the molecule is C#CCOC(=O)C(OS(=O)(=O)c1ccccc1)C(=O)OCC#C. The third-order valence-corrected chi connectivity index (χ3v) is 3.57.